The van der Waals surface area contributed by atoms with Gasteiger partial charge in [0.25, 0.3) is 0 Å². The topological polar surface area (TPSA) is 29.1 Å². The fourth-order valence-corrected chi connectivity index (χ4v) is 2.32. The minimum absolute atomic E-state index is 0.0395. The highest BCUT2D eigenvalue weighted by Gasteiger charge is 2.33. The molecule has 0 bridgehead atoms. The second-order valence-corrected chi connectivity index (χ2v) is 5.87. The van der Waals surface area contributed by atoms with Crippen LogP contribution in [0.25, 0.3) is 0 Å². The lowest BCUT2D eigenvalue weighted by atomic mass is 9.79. The first-order valence-electron chi connectivity index (χ1n) is 7.41. The van der Waals surface area contributed by atoms with E-state index in [1.165, 1.54) is 11.1 Å². The molecule has 0 fully saturated rings. The van der Waals surface area contributed by atoms with Crippen molar-refractivity contribution in [2.45, 2.75) is 39.5 Å². The van der Waals surface area contributed by atoms with Crippen LogP contribution in [0.5, 0.6) is 0 Å². The first-order valence-corrected chi connectivity index (χ1v) is 7.41. The van der Waals surface area contributed by atoms with Gasteiger partial charge in [0, 0.05) is 5.69 Å². The molecule has 2 nitrogen and oxygen atoms in total. The van der Waals surface area contributed by atoms with Gasteiger partial charge in [-0.3, -0.25) is 4.79 Å². The van der Waals surface area contributed by atoms with Gasteiger partial charge in [-0.2, -0.15) is 0 Å². The monoisotopic (exact) mass is 281 g/mol. The Hall–Kier alpha value is -2.09. The van der Waals surface area contributed by atoms with Crippen molar-refractivity contribution >= 4 is 11.6 Å². The Bertz CT molecular complexity index is 613. The summed E-state index contributed by atoms with van der Waals surface area (Å²) in [6.45, 7) is 8.14. The van der Waals surface area contributed by atoms with E-state index in [4.69, 9.17) is 0 Å². The van der Waals surface area contributed by atoms with Crippen molar-refractivity contribution in [1.82, 2.24) is 0 Å². The summed E-state index contributed by atoms with van der Waals surface area (Å²) in [6, 6.07) is 16.1. The lowest BCUT2D eigenvalue weighted by molar-refractivity contribution is -0.121. The molecule has 0 saturated heterocycles. The number of hydrogen-bond donors (Lipinski definition) is 1. The van der Waals surface area contributed by atoms with Crippen LogP contribution in [0.2, 0.25) is 0 Å². The maximum atomic E-state index is 12.7. The summed E-state index contributed by atoms with van der Waals surface area (Å²) in [4.78, 5) is 12.7. The second kappa shape index (κ2) is 6.13. The van der Waals surface area contributed by atoms with Crippen molar-refractivity contribution in [2.24, 2.45) is 0 Å². The Kier molecular flexibility index (Phi) is 4.46. The molecular formula is C19H23NO. The van der Waals surface area contributed by atoms with E-state index in [1.54, 1.807) is 0 Å². The van der Waals surface area contributed by atoms with Gasteiger partial charge in [-0.15, -0.1) is 0 Å². The summed E-state index contributed by atoms with van der Waals surface area (Å²) in [5.74, 6) is 0.0395. The molecule has 2 aromatic carbocycles. The average molecular weight is 281 g/mol. The summed E-state index contributed by atoms with van der Waals surface area (Å²) < 4.78 is 0. The largest absolute Gasteiger partial charge is 0.325 e. The van der Waals surface area contributed by atoms with Crippen molar-refractivity contribution in [3.63, 3.8) is 0 Å². The summed E-state index contributed by atoms with van der Waals surface area (Å²) in [5, 5.41) is 3.03. The van der Waals surface area contributed by atoms with Crippen LogP contribution in [0.4, 0.5) is 5.69 Å². The van der Waals surface area contributed by atoms with E-state index in [0.717, 1.165) is 17.7 Å². The van der Waals surface area contributed by atoms with E-state index in [-0.39, 0.29) is 5.91 Å². The van der Waals surface area contributed by atoms with Crippen LogP contribution in [-0.4, -0.2) is 5.91 Å². The number of benzene rings is 2. The van der Waals surface area contributed by atoms with Crippen molar-refractivity contribution < 1.29 is 4.79 Å². The van der Waals surface area contributed by atoms with Gasteiger partial charge in [0.1, 0.15) is 0 Å². The van der Waals surface area contributed by atoms with Gasteiger partial charge in [0.05, 0.1) is 5.41 Å². The summed E-state index contributed by atoms with van der Waals surface area (Å²) in [7, 11) is 0. The zero-order valence-corrected chi connectivity index (χ0v) is 13.2. The molecule has 0 aliphatic heterocycles. The quantitative estimate of drug-likeness (QED) is 0.871. The third kappa shape index (κ3) is 3.33. The molecule has 2 heteroatoms. The van der Waals surface area contributed by atoms with Crippen LogP contribution < -0.4 is 5.32 Å². The van der Waals surface area contributed by atoms with Crippen LogP contribution in [0, 0.1) is 13.8 Å². The van der Waals surface area contributed by atoms with Crippen molar-refractivity contribution in [2.75, 3.05) is 5.32 Å². The highest BCUT2D eigenvalue weighted by atomic mass is 16.2. The summed E-state index contributed by atoms with van der Waals surface area (Å²) >= 11 is 0. The Labute approximate surface area is 127 Å². The first-order chi connectivity index (χ1) is 9.95. The minimum atomic E-state index is -0.515. The molecule has 21 heavy (non-hydrogen) atoms. The molecule has 0 aliphatic carbocycles. The predicted octanol–water partition coefficient (Wildman–Crippen LogP) is 4.61. The third-order valence-corrected chi connectivity index (χ3v) is 4.21. The number of aryl methyl sites for hydroxylation is 2. The van der Waals surface area contributed by atoms with Gasteiger partial charge in [0.2, 0.25) is 5.91 Å². The van der Waals surface area contributed by atoms with Crippen LogP contribution in [0.15, 0.2) is 48.5 Å². The molecule has 0 spiro atoms. The normalized spacial score (nSPS) is 13.5. The SMILES string of the molecule is CCC(C)(C(=O)Nc1ccc(C)cc1)c1ccc(C)cc1. The number of rotatable bonds is 4. The molecule has 0 heterocycles. The standard InChI is InChI=1S/C19H23NO/c1-5-19(4,16-10-6-14(2)7-11-16)18(21)20-17-12-8-15(3)9-13-17/h6-13H,5H2,1-4H3,(H,20,21). The highest BCUT2D eigenvalue weighted by molar-refractivity contribution is 5.98. The number of carbonyl (C=O) groups excluding carboxylic acids is 1. The predicted molar refractivity (Wildman–Crippen MR) is 88.6 cm³/mol. The molecule has 2 aromatic rings. The number of nitrogens with one attached hydrogen (secondary N) is 1. The van der Waals surface area contributed by atoms with Crippen LogP contribution in [0.1, 0.15) is 37.0 Å². The zero-order valence-electron chi connectivity index (χ0n) is 13.2. The Morgan fingerprint density at radius 1 is 0.952 bits per heavy atom. The Balaban J connectivity index is 2.24. The van der Waals surface area contributed by atoms with Crippen molar-refractivity contribution in [1.29, 1.82) is 0 Å². The third-order valence-electron chi connectivity index (χ3n) is 4.21. The van der Waals surface area contributed by atoms with E-state index in [1.807, 2.05) is 50.2 Å². The maximum absolute atomic E-state index is 12.7. The van der Waals surface area contributed by atoms with E-state index in [2.05, 4.69) is 31.3 Å². The smallest absolute Gasteiger partial charge is 0.234 e. The lowest BCUT2D eigenvalue weighted by Gasteiger charge is -2.27. The average Bonchev–Trinajstić information content (AvgIpc) is 2.49. The van der Waals surface area contributed by atoms with Gasteiger partial charge < -0.3 is 5.32 Å². The van der Waals surface area contributed by atoms with Gasteiger partial charge in [-0.25, -0.2) is 0 Å². The zero-order chi connectivity index (χ0) is 15.5. The van der Waals surface area contributed by atoms with E-state index < -0.39 is 5.41 Å². The Morgan fingerprint density at radius 2 is 1.43 bits per heavy atom. The highest BCUT2D eigenvalue weighted by Crippen LogP contribution is 2.29. The van der Waals surface area contributed by atoms with Crippen LogP contribution >= 0.6 is 0 Å². The van der Waals surface area contributed by atoms with Crippen LogP contribution in [-0.2, 0) is 10.2 Å². The van der Waals surface area contributed by atoms with Crippen molar-refractivity contribution in [3.05, 3.63) is 65.2 Å². The Morgan fingerprint density at radius 3 is 1.90 bits per heavy atom. The van der Waals surface area contributed by atoms with Gasteiger partial charge >= 0.3 is 0 Å². The second-order valence-electron chi connectivity index (χ2n) is 5.87. The maximum Gasteiger partial charge on any atom is 0.234 e. The molecule has 1 unspecified atom stereocenters. The van der Waals surface area contributed by atoms with Gasteiger partial charge in [-0.1, -0.05) is 54.4 Å². The number of anilines is 1. The van der Waals surface area contributed by atoms with Gasteiger partial charge in [0.15, 0.2) is 0 Å². The number of amides is 1. The van der Waals surface area contributed by atoms with E-state index in [9.17, 15) is 4.79 Å². The molecule has 0 aromatic heterocycles. The van der Waals surface area contributed by atoms with Crippen LogP contribution in [0.3, 0.4) is 0 Å². The van der Waals surface area contributed by atoms with E-state index in [0.29, 0.717) is 0 Å². The summed E-state index contributed by atoms with van der Waals surface area (Å²) in [6.07, 6.45) is 0.758. The van der Waals surface area contributed by atoms with Crippen molar-refractivity contribution in [3.8, 4) is 0 Å². The molecule has 1 N–H and O–H groups in total. The fourth-order valence-electron chi connectivity index (χ4n) is 2.32. The molecule has 0 saturated carbocycles. The molecular weight excluding hydrogens is 258 g/mol. The molecule has 1 amide bonds. The molecule has 110 valence electrons. The minimum Gasteiger partial charge on any atom is -0.325 e. The molecule has 2 rings (SSSR count). The number of hydrogen-bond acceptors (Lipinski definition) is 1. The molecule has 0 radical (unpaired) electrons. The summed E-state index contributed by atoms with van der Waals surface area (Å²) in [5.41, 5.74) is 3.78. The van der Waals surface area contributed by atoms with E-state index >= 15 is 0 Å². The number of carbonyl (C=O) groups is 1. The fraction of sp³-hybridized carbons (Fsp3) is 0.316. The van der Waals surface area contributed by atoms with Gasteiger partial charge in [-0.05, 0) is 44.9 Å². The molecule has 0 aliphatic rings. The molecule has 1 atom stereocenters. The lowest BCUT2D eigenvalue weighted by Crippen LogP contribution is -2.37. The first kappa shape index (κ1) is 15.3.